The van der Waals surface area contributed by atoms with E-state index in [4.69, 9.17) is 9.47 Å². The molecule has 0 spiro atoms. The molecule has 0 radical (unpaired) electrons. The first-order valence-electron chi connectivity index (χ1n) is 14.6. The minimum absolute atomic E-state index is 0. The zero-order chi connectivity index (χ0) is 28.7. The van der Waals surface area contributed by atoms with E-state index in [2.05, 4.69) is 137 Å². The van der Waals surface area contributed by atoms with Crippen LogP contribution in [0.4, 0.5) is 0 Å². The van der Waals surface area contributed by atoms with E-state index in [9.17, 15) is 0 Å². The second kappa shape index (κ2) is 14.3. The molecule has 6 aromatic carbocycles. The van der Waals surface area contributed by atoms with Gasteiger partial charge < -0.3 is 24.3 Å². The Hall–Kier alpha value is -3.21. The van der Waals surface area contributed by atoms with Gasteiger partial charge in [0, 0.05) is 0 Å². The van der Waals surface area contributed by atoms with Gasteiger partial charge in [-0.1, -0.05) is 75.2 Å². The Labute approximate surface area is 284 Å². The van der Waals surface area contributed by atoms with Gasteiger partial charge in [-0.2, -0.15) is 12.1 Å². The predicted molar refractivity (Wildman–Crippen MR) is 191 cm³/mol. The smallest absolute Gasteiger partial charge is 0.497 e. The first kappa shape index (κ1) is 35.3. The quantitative estimate of drug-likeness (QED) is 0.114. The first-order chi connectivity index (χ1) is 19.9. The molecule has 6 rings (SSSR count). The Morgan fingerprint density at radius 2 is 0.909 bits per heavy atom. The van der Waals surface area contributed by atoms with Gasteiger partial charge in [0.2, 0.25) is 0 Å². The van der Waals surface area contributed by atoms with Crippen LogP contribution in [0.2, 0.25) is 11.1 Å². The van der Waals surface area contributed by atoms with Crippen molar-refractivity contribution >= 4 is 40.0 Å². The molecule has 0 atom stereocenters. The summed E-state index contributed by atoms with van der Waals surface area (Å²) in [6.07, 6.45) is 0. The first-order valence-corrected chi connectivity index (χ1v) is 16.7. The maximum absolute atomic E-state index is 5.41. The normalized spacial score (nSPS) is 11.3. The monoisotopic (exact) mass is 764 g/mol. The predicted octanol–water partition coefficient (Wildman–Crippen LogP) is 10.1. The van der Waals surface area contributed by atoms with Crippen LogP contribution in [-0.2, 0) is 25.8 Å². The van der Waals surface area contributed by atoms with Crippen molar-refractivity contribution in [3.8, 4) is 33.8 Å². The summed E-state index contributed by atoms with van der Waals surface area (Å²) in [5, 5.41) is 8.37. The number of rotatable bonds is 8. The molecule has 0 aromatic heterocycles. The molecule has 0 bridgehead atoms. The number of benzene rings is 4. The van der Waals surface area contributed by atoms with Crippen molar-refractivity contribution in [3.63, 3.8) is 0 Å². The fraction of sp³-hybridized carbons (Fsp3) is 0.200. The van der Waals surface area contributed by atoms with Crippen LogP contribution >= 0.6 is 0 Å². The van der Waals surface area contributed by atoms with E-state index in [-0.39, 0.29) is 40.7 Å². The summed E-state index contributed by atoms with van der Waals surface area (Å²) < 4.78 is 10.8. The second-order valence-electron chi connectivity index (χ2n) is 11.7. The van der Waals surface area contributed by atoms with E-state index in [0.29, 0.717) is 11.1 Å². The molecule has 0 heterocycles. The third kappa shape index (κ3) is 5.91. The summed E-state index contributed by atoms with van der Waals surface area (Å²) in [5.74, 6) is 1.76. The minimum atomic E-state index is -2.19. The molecule has 44 heavy (non-hydrogen) atoms. The number of fused-ring (bicyclic) bond motifs is 2. The molecular weight excluding hydrogens is 719 g/mol. The molecule has 0 saturated heterocycles. The van der Waals surface area contributed by atoms with Crippen LogP contribution in [0.3, 0.4) is 0 Å². The molecule has 0 N–H and O–H groups in total. The number of methoxy groups -OCH3 is 2. The standard InChI is InChI=1S/C38H38O2Si.2CH3.Hf/c1-25(2)41(26(3)4,33-21-29-9-7-11-35(37(29)23-33)27-13-17-31(39-5)18-14-27)34-22-30-10-8-12-36(38(30)24-34)28-15-19-32(40-6)20-16-28;;;/h7-26H,1-6H3;2*1H3;/q-2;2*-1;+4. The number of hydrogen-bond donors (Lipinski definition) is 0. The van der Waals surface area contributed by atoms with E-state index < -0.39 is 8.07 Å². The maximum atomic E-state index is 5.41. The van der Waals surface area contributed by atoms with Crippen molar-refractivity contribution in [3.05, 3.63) is 124 Å². The maximum Gasteiger partial charge on any atom is 4.00 e. The third-order valence-corrected chi connectivity index (χ3v) is 15.2. The van der Waals surface area contributed by atoms with Gasteiger partial charge >= 0.3 is 25.8 Å². The molecule has 2 nitrogen and oxygen atoms in total. The van der Waals surface area contributed by atoms with Crippen molar-refractivity contribution in [2.24, 2.45) is 0 Å². The molecule has 0 unspecified atom stereocenters. The van der Waals surface area contributed by atoms with Gasteiger partial charge in [-0.05, 0) is 46.5 Å². The van der Waals surface area contributed by atoms with E-state index in [1.165, 1.54) is 54.2 Å². The minimum Gasteiger partial charge on any atom is -0.497 e. The van der Waals surface area contributed by atoms with E-state index in [1.54, 1.807) is 14.2 Å². The van der Waals surface area contributed by atoms with Crippen LogP contribution in [-0.4, -0.2) is 22.3 Å². The van der Waals surface area contributed by atoms with Crippen molar-refractivity contribution in [2.45, 2.75) is 38.8 Å². The molecule has 0 aliphatic carbocycles. The second-order valence-corrected chi connectivity index (χ2v) is 16.9. The van der Waals surface area contributed by atoms with Crippen molar-refractivity contribution in [1.29, 1.82) is 0 Å². The van der Waals surface area contributed by atoms with Crippen LogP contribution in [0, 0.1) is 14.9 Å². The van der Waals surface area contributed by atoms with Crippen LogP contribution in [0.5, 0.6) is 11.5 Å². The molecule has 6 aromatic rings. The summed E-state index contributed by atoms with van der Waals surface area (Å²) >= 11 is 0. The van der Waals surface area contributed by atoms with Crippen molar-refractivity contribution in [2.75, 3.05) is 14.2 Å². The molecule has 0 aliphatic rings. The number of ether oxygens (including phenoxy) is 2. The van der Waals surface area contributed by atoms with Crippen LogP contribution in [0.1, 0.15) is 27.7 Å². The van der Waals surface area contributed by atoms with Gasteiger partial charge in [0.1, 0.15) is 11.5 Å². The third-order valence-electron chi connectivity index (χ3n) is 9.08. The summed E-state index contributed by atoms with van der Waals surface area (Å²) in [4.78, 5) is 0. The van der Waals surface area contributed by atoms with Gasteiger partial charge in [0.05, 0.1) is 22.3 Å². The van der Waals surface area contributed by atoms with Gasteiger partial charge in [-0.3, -0.25) is 0 Å². The average Bonchev–Trinajstić information content (AvgIpc) is 3.62. The van der Waals surface area contributed by atoms with E-state index in [1.807, 2.05) is 0 Å². The van der Waals surface area contributed by atoms with Gasteiger partial charge in [-0.25, -0.2) is 0 Å². The van der Waals surface area contributed by atoms with Gasteiger partial charge in [0.15, 0.2) is 0 Å². The zero-order valence-electron chi connectivity index (χ0n) is 27.4. The Kier molecular flexibility index (Phi) is 11.4. The van der Waals surface area contributed by atoms with Crippen molar-refractivity contribution < 1.29 is 35.3 Å². The SMILES string of the molecule is COc1ccc(-c2cccc3[cH-]c([Si](c4cc5c(-c6ccc(OC)cc6)cccc5[cH-]4)(C(C)C)C(C)C)cc23)cc1.[CH3-].[CH3-].[Hf+4]. The van der Waals surface area contributed by atoms with Gasteiger partial charge in [0.25, 0.3) is 0 Å². The van der Waals surface area contributed by atoms with E-state index >= 15 is 0 Å². The summed E-state index contributed by atoms with van der Waals surface area (Å²) in [6.45, 7) is 9.76. The molecule has 0 saturated carbocycles. The molecule has 224 valence electrons. The average molecular weight is 763 g/mol. The molecule has 0 amide bonds. The zero-order valence-corrected chi connectivity index (χ0v) is 32.0. The van der Waals surface area contributed by atoms with Crippen molar-refractivity contribution in [1.82, 2.24) is 0 Å². The fourth-order valence-corrected chi connectivity index (χ4v) is 13.0. The summed E-state index contributed by atoms with van der Waals surface area (Å²) in [5.41, 5.74) is 6.06. The molecule has 0 fully saturated rings. The summed E-state index contributed by atoms with van der Waals surface area (Å²) in [6, 6.07) is 40.3. The number of hydrogen-bond acceptors (Lipinski definition) is 2. The molecule has 4 heteroatoms. The molecule has 0 aliphatic heterocycles. The Bertz CT molecular complexity index is 1670. The van der Waals surface area contributed by atoms with Gasteiger partial charge in [-0.15, -0.1) is 68.3 Å². The molecular formula is C40H44HfO2Si. The van der Waals surface area contributed by atoms with Crippen LogP contribution < -0.4 is 19.8 Å². The fourth-order valence-electron chi connectivity index (χ4n) is 7.16. The topological polar surface area (TPSA) is 18.5 Å². The van der Waals surface area contributed by atoms with Crippen LogP contribution in [0.25, 0.3) is 43.8 Å². The Balaban J connectivity index is 0.00000176. The Morgan fingerprint density at radius 1 is 0.545 bits per heavy atom. The van der Waals surface area contributed by atoms with Crippen LogP contribution in [0.15, 0.2) is 109 Å². The Morgan fingerprint density at radius 3 is 1.23 bits per heavy atom. The summed E-state index contributed by atoms with van der Waals surface area (Å²) in [7, 11) is 1.25. The largest absolute Gasteiger partial charge is 4.00 e. The van der Waals surface area contributed by atoms with E-state index in [0.717, 1.165) is 11.5 Å².